The van der Waals surface area contributed by atoms with Gasteiger partial charge in [-0.05, 0) is 31.0 Å². The largest absolute Gasteiger partial charge is 0.481 e. The van der Waals surface area contributed by atoms with E-state index in [1.807, 2.05) is 0 Å². The summed E-state index contributed by atoms with van der Waals surface area (Å²) in [6, 6.07) is 3.66. The quantitative estimate of drug-likeness (QED) is 0.769. The van der Waals surface area contributed by atoms with Crippen LogP contribution in [0.1, 0.15) is 36.0 Å². The van der Waals surface area contributed by atoms with E-state index >= 15 is 0 Å². The van der Waals surface area contributed by atoms with Gasteiger partial charge in [0.1, 0.15) is 5.82 Å². The molecule has 1 amide bonds. The Morgan fingerprint density at radius 1 is 1.35 bits per heavy atom. The molecule has 2 rings (SSSR count). The smallest absolute Gasteiger partial charge is 0.311 e. The van der Waals surface area contributed by atoms with E-state index in [4.69, 9.17) is 5.73 Å². The summed E-state index contributed by atoms with van der Waals surface area (Å²) in [5.41, 5.74) is 4.78. The molecule has 0 spiro atoms. The lowest BCUT2D eigenvalue weighted by Crippen LogP contribution is -2.35. The number of nitrogens with one attached hydrogen (secondary N) is 1. The van der Waals surface area contributed by atoms with Crippen molar-refractivity contribution in [2.24, 2.45) is 11.1 Å². The fourth-order valence-corrected chi connectivity index (χ4v) is 2.66. The van der Waals surface area contributed by atoms with Crippen molar-refractivity contribution in [1.29, 1.82) is 0 Å². The number of hydrogen-bond donors (Lipinski definition) is 3. The molecule has 0 bridgehead atoms. The van der Waals surface area contributed by atoms with Crippen LogP contribution in [0.4, 0.5) is 10.1 Å². The van der Waals surface area contributed by atoms with Crippen molar-refractivity contribution in [3.05, 3.63) is 29.6 Å². The molecular formula is C14H17FN2O3. The summed E-state index contributed by atoms with van der Waals surface area (Å²) in [6.07, 6.45) is 2.95. The van der Waals surface area contributed by atoms with Crippen LogP contribution in [0.3, 0.4) is 0 Å². The molecule has 0 atom stereocenters. The Hall–Kier alpha value is -2.11. The summed E-state index contributed by atoms with van der Waals surface area (Å²) in [7, 11) is 0. The highest BCUT2D eigenvalue weighted by Crippen LogP contribution is 2.38. The number of carbonyl (C=O) groups excluding carboxylic acids is 1. The minimum absolute atomic E-state index is 0.0311. The van der Waals surface area contributed by atoms with Gasteiger partial charge >= 0.3 is 5.97 Å². The van der Waals surface area contributed by atoms with Gasteiger partial charge in [0.25, 0.3) is 5.91 Å². The molecule has 0 saturated heterocycles. The van der Waals surface area contributed by atoms with Crippen LogP contribution in [0.15, 0.2) is 18.2 Å². The Bertz CT molecular complexity index is 539. The summed E-state index contributed by atoms with van der Waals surface area (Å²) in [4.78, 5) is 22.7. The highest BCUT2D eigenvalue weighted by atomic mass is 19.1. The van der Waals surface area contributed by atoms with E-state index in [-0.39, 0.29) is 12.1 Å². The molecule has 1 aromatic carbocycles. The monoisotopic (exact) mass is 280 g/mol. The summed E-state index contributed by atoms with van der Waals surface area (Å²) in [5.74, 6) is -2.15. The summed E-state index contributed by atoms with van der Waals surface area (Å²) in [5, 5.41) is 12.3. The average molecular weight is 280 g/mol. The molecule has 0 aliphatic heterocycles. The lowest BCUT2D eigenvalue weighted by Gasteiger charge is -2.25. The maximum absolute atomic E-state index is 13.1. The third-order valence-electron chi connectivity index (χ3n) is 3.88. The number of amides is 1. The first kappa shape index (κ1) is 14.3. The van der Waals surface area contributed by atoms with Gasteiger partial charge in [0, 0.05) is 12.2 Å². The van der Waals surface area contributed by atoms with Crippen LogP contribution in [-0.4, -0.2) is 23.5 Å². The fourth-order valence-electron chi connectivity index (χ4n) is 2.66. The second-order valence-corrected chi connectivity index (χ2v) is 5.20. The van der Waals surface area contributed by atoms with Gasteiger partial charge in [-0.3, -0.25) is 9.59 Å². The second-order valence-electron chi connectivity index (χ2n) is 5.20. The summed E-state index contributed by atoms with van der Waals surface area (Å²) in [6.45, 7) is 0.203. The Morgan fingerprint density at radius 3 is 2.55 bits per heavy atom. The molecule has 1 aliphatic carbocycles. The number of aliphatic carboxylic acids is 1. The summed E-state index contributed by atoms with van der Waals surface area (Å²) >= 11 is 0. The maximum atomic E-state index is 13.1. The first-order valence-electron chi connectivity index (χ1n) is 6.51. The van der Waals surface area contributed by atoms with Gasteiger partial charge in [-0.1, -0.05) is 12.8 Å². The van der Waals surface area contributed by atoms with Crippen molar-refractivity contribution >= 4 is 17.6 Å². The number of carboxylic acid groups (broad SMARTS) is 1. The van der Waals surface area contributed by atoms with Crippen LogP contribution in [0, 0.1) is 11.2 Å². The van der Waals surface area contributed by atoms with Crippen molar-refractivity contribution in [3.8, 4) is 0 Å². The normalized spacial score (nSPS) is 16.9. The molecule has 0 unspecified atom stereocenters. The highest BCUT2D eigenvalue weighted by Gasteiger charge is 2.41. The van der Waals surface area contributed by atoms with Crippen molar-refractivity contribution in [2.75, 3.05) is 11.9 Å². The number of rotatable bonds is 5. The molecule has 5 nitrogen and oxygen atoms in total. The van der Waals surface area contributed by atoms with Crippen LogP contribution in [0.25, 0.3) is 0 Å². The van der Waals surface area contributed by atoms with Gasteiger partial charge in [0.15, 0.2) is 0 Å². The number of anilines is 1. The third kappa shape index (κ3) is 2.74. The lowest BCUT2D eigenvalue weighted by molar-refractivity contribution is -0.147. The zero-order valence-corrected chi connectivity index (χ0v) is 11.0. The zero-order valence-electron chi connectivity index (χ0n) is 11.0. The van der Waals surface area contributed by atoms with Crippen LogP contribution in [0.2, 0.25) is 0 Å². The second kappa shape index (κ2) is 5.48. The average Bonchev–Trinajstić information content (AvgIpc) is 2.87. The Balaban J connectivity index is 2.18. The maximum Gasteiger partial charge on any atom is 0.311 e. The minimum Gasteiger partial charge on any atom is -0.481 e. The zero-order chi connectivity index (χ0) is 14.8. The van der Waals surface area contributed by atoms with E-state index in [1.54, 1.807) is 0 Å². The number of primary amides is 1. The van der Waals surface area contributed by atoms with E-state index < -0.39 is 23.1 Å². The number of carbonyl (C=O) groups is 2. The Labute approximate surface area is 116 Å². The van der Waals surface area contributed by atoms with Gasteiger partial charge in [0.05, 0.1) is 11.0 Å². The molecule has 1 saturated carbocycles. The van der Waals surface area contributed by atoms with Gasteiger partial charge in [-0.25, -0.2) is 4.39 Å². The van der Waals surface area contributed by atoms with Crippen molar-refractivity contribution in [2.45, 2.75) is 25.7 Å². The first-order valence-corrected chi connectivity index (χ1v) is 6.51. The fraction of sp³-hybridized carbons (Fsp3) is 0.429. The molecule has 1 fully saturated rings. The number of nitrogens with two attached hydrogens (primary N) is 1. The van der Waals surface area contributed by atoms with Gasteiger partial charge < -0.3 is 16.2 Å². The molecule has 6 heteroatoms. The van der Waals surface area contributed by atoms with Crippen LogP contribution < -0.4 is 11.1 Å². The number of benzene rings is 1. The van der Waals surface area contributed by atoms with E-state index in [0.29, 0.717) is 18.5 Å². The number of hydrogen-bond acceptors (Lipinski definition) is 3. The predicted octanol–water partition coefficient (Wildman–Crippen LogP) is 1.98. The topological polar surface area (TPSA) is 92.4 Å². The van der Waals surface area contributed by atoms with Crippen LogP contribution in [0.5, 0.6) is 0 Å². The molecule has 0 aromatic heterocycles. The van der Waals surface area contributed by atoms with Crippen molar-refractivity contribution in [3.63, 3.8) is 0 Å². The Kier molecular flexibility index (Phi) is 3.92. The predicted molar refractivity (Wildman–Crippen MR) is 71.9 cm³/mol. The molecule has 1 aliphatic rings. The first-order chi connectivity index (χ1) is 9.44. The number of halogens is 1. The van der Waals surface area contributed by atoms with Gasteiger partial charge in [0.2, 0.25) is 0 Å². The SMILES string of the molecule is NC(=O)c1cc(F)ccc1NCC1(C(=O)O)CCCC1. The summed E-state index contributed by atoms with van der Waals surface area (Å²) < 4.78 is 13.1. The van der Waals surface area contributed by atoms with Gasteiger partial charge in [-0.15, -0.1) is 0 Å². The molecule has 1 aromatic rings. The van der Waals surface area contributed by atoms with Crippen LogP contribution in [-0.2, 0) is 4.79 Å². The van der Waals surface area contributed by atoms with Gasteiger partial charge in [-0.2, -0.15) is 0 Å². The standard InChI is InChI=1S/C14H17FN2O3/c15-9-3-4-11(10(7-9)12(16)18)17-8-14(13(19)20)5-1-2-6-14/h3-4,7,17H,1-2,5-6,8H2,(H2,16,18)(H,19,20). The molecular weight excluding hydrogens is 263 g/mol. The Morgan fingerprint density at radius 2 is 2.00 bits per heavy atom. The number of carboxylic acids is 1. The van der Waals surface area contributed by atoms with E-state index in [0.717, 1.165) is 18.9 Å². The van der Waals surface area contributed by atoms with E-state index in [2.05, 4.69) is 5.32 Å². The lowest BCUT2D eigenvalue weighted by atomic mass is 9.86. The minimum atomic E-state index is -0.842. The molecule has 4 N–H and O–H groups in total. The third-order valence-corrected chi connectivity index (χ3v) is 3.88. The van der Waals surface area contributed by atoms with Crippen molar-refractivity contribution < 1.29 is 19.1 Å². The van der Waals surface area contributed by atoms with E-state index in [1.165, 1.54) is 12.1 Å². The highest BCUT2D eigenvalue weighted by molar-refractivity contribution is 5.98. The van der Waals surface area contributed by atoms with Crippen molar-refractivity contribution in [1.82, 2.24) is 0 Å². The molecule has 0 heterocycles. The van der Waals surface area contributed by atoms with E-state index in [9.17, 15) is 19.1 Å². The molecule has 0 radical (unpaired) electrons. The molecule has 20 heavy (non-hydrogen) atoms. The van der Waals surface area contributed by atoms with Crippen LogP contribution >= 0.6 is 0 Å². The molecule has 108 valence electrons.